The van der Waals surface area contributed by atoms with Crippen LogP contribution in [0.1, 0.15) is 31.0 Å². The molecule has 3 nitrogen and oxygen atoms in total. The Labute approximate surface area is 122 Å². The normalized spacial score (nSPS) is 13.6. The van der Waals surface area contributed by atoms with Gasteiger partial charge >= 0.3 is 0 Å². The number of nitrogens with one attached hydrogen (secondary N) is 1. The molecule has 0 spiro atoms. The van der Waals surface area contributed by atoms with E-state index in [0.29, 0.717) is 0 Å². The summed E-state index contributed by atoms with van der Waals surface area (Å²) in [4.78, 5) is 10.4. The molecular weight excluding hydrogens is 278 g/mol. The van der Waals surface area contributed by atoms with Crippen LogP contribution in [-0.4, -0.2) is 16.5 Å². The fourth-order valence-electron chi connectivity index (χ4n) is 2.36. The van der Waals surface area contributed by atoms with Gasteiger partial charge in [0.25, 0.3) is 0 Å². The lowest BCUT2D eigenvalue weighted by Gasteiger charge is -2.10. The molecule has 0 atom stereocenters. The first-order chi connectivity index (χ1) is 9.28. The smallest absolute Gasteiger partial charge is 0.171 e. The molecule has 0 bridgehead atoms. The summed E-state index contributed by atoms with van der Waals surface area (Å²) in [5.41, 5.74) is 2.51. The van der Waals surface area contributed by atoms with E-state index in [0.717, 1.165) is 47.3 Å². The van der Waals surface area contributed by atoms with Crippen molar-refractivity contribution in [2.24, 2.45) is 0 Å². The van der Waals surface area contributed by atoms with Gasteiger partial charge in [0.1, 0.15) is 5.82 Å². The van der Waals surface area contributed by atoms with Crippen molar-refractivity contribution in [3.05, 3.63) is 27.7 Å². The number of rotatable bonds is 4. The maximum Gasteiger partial charge on any atom is 0.171 e. The summed E-state index contributed by atoms with van der Waals surface area (Å²) >= 11 is 7.59. The van der Waals surface area contributed by atoms with Crippen LogP contribution in [0.3, 0.4) is 0 Å². The number of anilines is 1. The number of thiophene rings is 1. The average Bonchev–Trinajstić information content (AvgIpc) is 3.03. The number of aryl methyl sites for hydroxylation is 1. The summed E-state index contributed by atoms with van der Waals surface area (Å²) in [7, 11) is 0. The van der Waals surface area contributed by atoms with Crippen molar-refractivity contribution < 1.29 is 0 Å². The molecule has 0 saturated heterocycles. The summed E-state index contributed by atoms with van der Waals surface area (Å²) in [6.45, 7) is 3.11. The molecule has 0 aliphatic heterocycles. The molecule has 0 radical (unpaired) electrons. The Hall–Kier alpha value is -1.13. The number of halogens is 1. The number of hydrogen-bond donors (Lipinski definition) is 1. The van der Waals surface area contributed by atoms with Gasteiger partial charge in [0, 0.05) is 23.2 Å². The number of aromatic nitrogens is 2. The molecule has 0 saturated carbocycles. The van der Waals surface area contributed by atoms with Crippen molar-refractivity contribution in [2.75, 3.05) is 11.9 Å². The first kappa shape index (κ1) is 12.9. The number of nitrogens with zero attached hydrogens (tertiary/aromatic N) is 2. The second-order valence-electron chi connectivity index (χ2n) is 4.73. The van der Waals surface area contributed by atoms with Gasteiger partial charge in [0.15, 0.2) is 5.82 Å². The molecule has 3 rings (SSSR count). The van der Waals surface area contributed by atoms with E-state index in [4.69, 9.17) is 21.6 Å². The highest BCUT2D eigenvalue weighted by Crippen LogP contribution is 2.32. The zero-order chi connectivity index (χ0) is 13.2. The van der Waals surface area contributed by atoms with Crippen LogP contribution in [0.2, 0.25) is 5.02 Å². The standard InChI is InChI=1S/C14H16ClN3S/c1-2-6-16-13-10-4-3-5-11(10)17-14(18-13)12-7-9(15)8-19-12/h7-8H,2-6H2,1H3,(H,16,17,18). The molecule has 0 fully saturated rings. The highest BCUT2D eigenvalue weighted by atomic mass is 35.5. The maximum absolute atomic E-state index is 5.99. The lowest BCUT2D eigenvalue weighted by Crippen LogP contribution is -2.07. The first-order valence-electron chi connectivity index (χ1n) is 6.66. The second kappa shape index (κ2) is 5.47. The molecule has 0 aromatic carbocycles. The van der Waals surface area contributed by atoms with Gasteiger partial charge in [0.05, 0.1) is 9.90 Å². The van der Waals surface area contributed by atoms with E-state index >= 15 is 0 Å². The molecule has 2 aromatic heterocycles. The van der Waals surface area contributed by atoms with Crippen LogP contribution < -0.4 is 5.32 Å². The Bertz CT molecular complexity index is 594. The molecular formula is C14H16ClN3S. The van der Waals surface area contributed by atoms with Crippen LogP contribution >= 0.6 is 22.9 Å². The molecule has 1 aliphatic carbocycles. The molecule has 5 heteroatoms. The molecule has 100 valence electrons. The first-order valence-corrected chi connectivity index (χ1v) is 7.91. The number of hydrogen-bond acceptors (Lipinski definition) is 4. The quantitative estimate of drug-likeness (QED) is 0.919. The summed E-state index contributed by atoms with van der Waals surface area (Å²) in [5.74, 6) is 1.82. The third kappa shape index (κ3) is 2.60. The third-order valence-corrected chi connectivity index (χ3v) is 4.54. The molecule has 0 unspecified atom stereocenters. The lowest BCUT2D eigenvalue weighted by atomic mass is 10.2. The zero-order valence-corrected chi connectivity index (χ0v) is 12.4. The summed E-state index contributed by atoms with van der Waals surface area (Å²) in [6, 6.07) is 1.94. The van der Waals surface area contributed by atoms with Crippen LogP contribution in [-0.2, 0) is 12.8 Å². The average molecular weight is 294 g/mol. The van der Waals surface area contributed by atoms with E-state index in [2.05, 4.69) is 12.2 Å². The Morgan fingerprint density at radius 1 is 1.37 bits per heavy atom. The molecule has 2 heterocycles. The Kier molecular flexibility index (Phi) is 3.71. The SMILES string of the molecule is CCCNc1nc(-c2cc(Cl)cs2)nc2c1CCC2. The number of fused-ring (bicyclic) bond motifs is 1. The Morgan fingerprint density at radius 3 is 3.00 bits per heavy atom. The summed E-state index contributed by atoms with van der Waals surface area (Å²) in [6.07, 6.45) is 4.43. The Morgan fingerprint density at radius 2 is 2.26 bits per heavy atom. The van der Waals surface area contributed by atoms with Crippen LogP contribution in [0, 0.1) is 0 Å². The van der Waals surface area contributed by atoms with E-state index in [1.807, 2.05) is 11.4 Å². The topological polar surface area (TPSA) is 37.8 Å². The highest BCUT2D eigenvalue weighted by Gasteiger charge is 2.20. The molecule has 0 amide bonds. The minimum absolute atomic E-state index is 0.757. The fourth-order valence-corrected chi connectivity index (χ4v) is 3.37. The second-order valence-corrected chi connectivity index (χ2v) is 6.08. The van der Waals surface area contributed by atoms with Gasteiger partial charge in [-0.15, -0.1) is 11.3 Å². The van der Waals surface area contributed by atoms with Gasteiger partial charge in [-0.05, 0) is 31.7 Å². The van der Waals surface area contributed by atoms with Crippen molar-refractivity contribution in [1.82, 2.24) is 9.97 Å². The van der Waals surface area contributed by atoms with Gasteiger partial charge in [-0.3, -0.25) is 0 Å². The van der Waals surface area contributed by atoms with Gasteiger partial charge < -0.3 is 5.32 Å². The van der Waals surface area contributed by atoms with Crippen molar-refractivity contribution in [1.29, 1.82) is 0 Å². The third-order valence-electron chi connectivity index (χ3n) is 3.26. The van der Waals surface area contributed by atoms with Crippen molar-refractivity contribution in [3.63, 3.8) is 0 Å². The van der Waals surface area contributed by atoms with Crippen LogP contribution in [0.5, 0.6) is 0 Å². The molecule has 1 N–H and O–H groups in total. The molecule has 2 aromatic rings. The van der Waals surface area contributed by atoms with E-state index in [1.165, 1.54) is 17.7 Å². The predicted molar refractivity (Wildman–Crippen MR) is 81.2 cm³/mol. The maximum atomic E-state index is 5.99. The minimum Gasteiger partial charge on any atom is -0.370 e. The monoisotopic (exact) mass is 293 g/mol. The minimum atomic E-state index is 0.757. The van der Waals surface area contributed by atoms with Crippen LogP contribution in [0.4, 0.5) is 5.82 Å². The van der Waals surface area contributed by atoms with Crippen molar-refractivity contribution >= 4 is 28.8 Å². The highest BCUT2D eigenvalue weighted by molar-refractivity contribution is 7.14. The zero-order valence-electron chi connectivity index (χ0n) is 10.9. The van der Waals surface area contributed by atoms with E-state index in [1.54, 1.807) is 11.3 Å². The molecule has 1 aliphatic rings. The summed E-state index contributed by atoms with van der Waals surface area (Å²) in [5, 5.41) is 6.11. The van der Waals surface area contributed by atoms with Gasteiger partial charge in [-0.25, -0.2) is 9.97 Å². The Balaban J connectivity index is 2.02. The largest absolute Gasteiger partial charge is 0.370 e. The van der Waals surface area contributed by atoms with Gasteiger partial charge in [0.2, 0.25) is 0 Å². The predicted octanol–water partition coefficient (Wildman–Crippen LogP) is 4.17. The molecule has 19 heavy (non-hydrogen) atoms. The van der Waals surface area contributed by atoms with E-state index < -0.39 is 0 Å². The lowest BCUT2D eigenvalue weighted by molar-refractivity contribution is 0.899. The van der Waals surface area contributed by atoms with Gasteiger partial charge in [-0.1, -0.05) is 18.5 Å². The van der Waals surface area contributed by atoms with Crippen molar-refractivity contribution in [3.8, 4) is 10.7 Å². The van der Waals surface area contributed by atoms with Crippen molar-refractivity contribution in [2.45, 2.75) is 32.6 Å². The fraction of sp³-hybridized carbons (Fsp3) is 0.429. The van der Waals surface area contributed by atoms with Crippen LogP contribution in [0.15, 0.2) is 11.4 Å². The van der Waals surface area contributed by atoms with Gasteiger partial charge in [-0.2, -0.15) is 0 Å². The summed E-state index contributed by atoms with van der Waals surface area (Å²) < 4.78 is 0. The van der Waals surface area contributed by atoms with Crippen LogP contribution in [0.25, 0.3) is 10.7 Å². The van der Waals surface area contributed by atoms with E-state index in [9.17, 15) is 0 Å². The van der Waals surface area contributed by atoms with E-state index in [-0.39, 0.29) is 0 Å².